The molecule has 1 aromatic heterocycles. The van der Waals surface area contributed by atoms with E-state index in [9.17, 15) is 9.90 Å². The van der Waals surface area contributed by atoms with Crippen molar-refractivity contribution in [3.63, 3.8) is 0 Å². The highest BCUT2D eigenvalue weighted by atomic mass is 16.3. The van der Waals surface area contributed by atoms with Crippen LogP contribution in [0.15, 0.2) is 30.3 Å². The van der Waals surface area contributed by atoms with Crippen LogP contribution in [0.1, 0.15) is 36.3 Å². The molecule has 2 rings (SSSR count). The molecular formula is C17H22N2O2. The average molecular weight is 286 g/mol. The molecule has 21 heavy (non-hydrogen) atoms. The third kappa shape index (κ3) is 4.02. The first-order valence-corrected chi connectivity index (χ1v) is 7.30. The molecule has 0 aliphatic carbocycles. The molecule has 0 aliphatic heterocycles. The second-order valence-electron chi connectivity index (χ2n) is 5.73. The van der Waals surface area contributed by atoms with E-state index < -0.39 is 0 Å². The number of carbonyl (C=O) groups excluding carboxylic acids is 1. The lowest BCUT2D eigenvalue weighted by Crippen LogP contribution is -2.29. The lowest BCUT2D eigenvalue weighted by molar-refractivity contribution is 0.0941. The summed E-state index contributed by atoms with van der Waals surface area (Å²) in [7, 11) is 0. The minimum Gasteiger partial charge on any atom is -0.393 e. The number of rotatable bonds is 5. The summed E-state index contributed by atoms with van der Waals surface area (Å²) in [6, 6.07) is 9.47. The number of aryl methyl sites for hydroxylation is 1. The largest absolute Gasteiger partial charge is 0.393 e. The van der Waals surface area contributed by atoms with Gasteiger partial charge < -0.3 is 10.4 Å². The number of hydrogen-bond donors (Lipinski definition) is 2. The van der Waals surface area contributed by atoms with Gasteiger partial charge in [-0.1, -0.05) is 25.1 Å². The molecular weight excluding hydrogens is 264 g/mol. The summed E-state index contributed by atoms with van der Waals surface area (Å²) in [5, 5.41) is 13.2. The second-order valence-corrected chi connectivity index (χ2v) is 5.73. The molecule has 0 saturated carbocycles. The van der Waals surface area contributed by atoms with Crippen molar-refractivity contribution >= 4 is 16.8 Å². The van der Waals surface area contributed by atoms with Crippen LogP contribution in [0.5, 0.6) is 0 Å². The first-order chi connectivity index (χ1) is 9.97. The minimum atomic E-state index is -0.346. The normalized spacial score (nSPS) is 13.9. The predicted molar refractivity (Wildman–Crippen MR) is 84.3 cm³/mol. The van der Waals surface area contributed by atoms with Gasteiger partial charge in [0.2, 0.25) is 0 Å². The minimum absolute atomic E-state index is 0.0888. The Morgan fingerprint density at radius 1 is 1.33 bits per heavy atom. The molecule has 0 aliphatic rings. The van der Waals surface area contributed by atoms with Crippen molar-refractivity contribution in [1.82, 2.24) is 10.3 Å². The fraction of sp³-hybridized carbons (Fsp3) is 0.412. The second kappa shape index (κ2) is 6.68. The van der Waals surface area contributed by atoms with Gasteiger partial charge in [0.25, 0.3) is 5.91 Å². The predicted octanol–water partition coefficient (Wildman–Crippen LogP) is 2.68. The van der Waals surface area contributed by atoms with Crippen molar-refractivity contribution in [2.45, 2.75) is 33.3 Å². The van der Waals surface area contributed by atoms with Gasteiger partial charge in [0.05, 0.1) is 17.2 Å². The lowest BCUT2D eigenvalue weighted by Gasteiger charge is -2.15. The summed E-state index contributed by atoms with van der Waals surface area (Å²) in [6.45, 7) is 6.22. The van der Waals surface area contributed by atoms with Gasteiger partial charge in [-0.3, -0.25) is 9.78 Å². The van der Waals surface area contributed by atoms with Gasteiger partial charge in [0, 0.05) is 17.6 Å². The summed E-state index contributed by atoms with van der Waals surface area (Å²) in [6.07, 6.45) is 0.331. The molecule has 1 heterocycles. The Morgan fingerprint density at radius 2 is 2.05 bits per heavy atom. The molecule has 4 nitrogen and oxygen atoms in total. The van der Waals surface area contributed by atoms with Gasteiger partial charge in [-0.05, 0) is 38.3 Å². The van der Waals surface area contributed by atoms with Gasteiger partial charge in [-0.15, -0.1) is 0 Å². The summed E-state index contributed by atoms with van der Waals surface area (Å²) in [5.41, 5.74) is 2.32. The van der Waals surface area contributed by atoms with Crippen molar-refractivity contribution < 1.29 is 9.90 Å². The number of para-hydroxylation sites is 1. The number of fused-ring (bicyclic) bond motifs is 1. The molecule has 4 heteroatoms. The Balaban J connectivity index is 2.16. The summed E-state index contributed by atoms with van der Waals surface area (Å²) >= 11 is 0. The van der Waals surface area contributed by atoms with E-state index in [2.05, 4.69) is 10.3 Å². The van der Waals surface area contributed by atoms with Crippen LogP contribution in [0.4, 0.5) is 0 Å². The van der Waals surface area contributed by atoms with E-state index in [1.165, 1.54) is 0 Å². The van der Waals surface area contributed by atoms with E-state index in [1.54, 1.807) is 6.92 Å². The number of nitrogens with one attached hydrogen (secondary N) is 1. The number of aromatic nitrogens is 1. The molecule has 112 valence electrons. The van der Waals surface area contributed by atoms with Crippen LogP contribution < -0.4 is 5.32 Å². The molecule has 0 fully saturated rings. The smallest absolute Gasteiger partial charge is 0.252 e. The molecule has 0 radical (unpaired) electrons. The van der Waals surface area contributed by atoms with Crippen molar-refractivity contribution in [1.29, 1.82) is 0 Å². The van der Waals surface area contributed by atoms with Gasteiger partial charge in [-0.25, -0.2) is 0 Å². The summed E-state index contributed by atoms with van der Waals surface area (Å²) in [5.74, 6) is 0.150. The number of nitrogens with zero attached hydrogens (tertiary/aromatic N) is 1. The van der Waals surface area contributed by atoms with E-state index in [0.29, 0.717) is 18.5 Å². The van der Waals surface area contributed by atoms with E-state index in [-0.39, 0.29) is 17.9 Å². The number of amides is 1. The van der Waals surface area contributed by atoms with Crippen LogP contribution >= 0.6 is 0 Å². The molecule has 1 amide bonds. The molecule has 2 N–H and O–H groups in total. The zero-order valence-corrected chi connectivity index (χ0v) is 12.8. The number of pyridine rings is 1. The number of carbonyl (C=O) groups is 1. The third-order valence-corrected chi connectivity index (χ3v) is 3.44. The highest BCUT2D eigenvalue weighted by Crippen LogP contribution is 2.18. The van der Waals surface area contributed by atoms with Gasteiger partial charge in [0.1, 0.15) is 0 Å². The van der Waals surface area contributed by atoms with Crippen LogP contribution in [0.2, 0.25) is 0 Å². The molecule has 1 aromatic carbocycles. The van der Waals surface area contributed by atoms with Crippen LogP contribution in [0.3, 0.4) is 0 Å². The molecule has 0 spiro atoms. The summed E-state index contributed by atoms with van der Waals surface area (Å²) < 4.78 is 0. The summed E-state index contributed by atoms with van der Waals surface area (Å²) in [4.78, 5) is 16.8. The Morgan fingerprint density at radius 3 is 2.76 bits per heavy atom. The monoisotopic (exact) mass is 286 g/mol. The maximum atomic E-state index is 12.4. The van der Waals surface area contributed by atoms with E-state index in [4.69, 9.17) is 0 Å². The zero-order valence-electron chi connectivity index (χ0n) is 12.8. The Labute approximate surface area is 125 Å². The van der Waals surface area contributed by atoms with Gasteiger partial charge in [0.15, 0.2) is 0 Å². The highest BCUT2D eigenvalue weighted by molar-refractivity contribution is 6.06. The molecule has 2 atom stereocenters. The molecule has 2 unspecified atom stereocenters. The molecule has 0 saturated heterocycles. The van der Waals surface area contributed by atoms with Crippen molar-refractivity contribution in [2.24, 2.45) is 5.92 Å². The quantitative estimate of drug-likeness (QED) is 0.888. The van der Waals surface area contributed by atoms with Crippen molar-refractivity contribution in [3.8, 4) is 0 Å². The lowest BCUT2D eigenvalue weighted by atomic mass is 10.0. The average Bonchev–Trinajstić information content (AvgIpc) is 2.43. The Kier molecular flexibility index (Phi) is 4.91. The Bertz CT molecular complexity index is 638. The van der Waals surface area contributed by atoms with Crippen LogP contribution in [-0.2, 0) is 0 Å². The van der Waals surface area contributed by atoms with Crippen LogP contribution in [0, 0.1) is 12.8 Å². The first kappa shape index (κ1) is 15.4. The van der Waals surface area contributed by atoms with Crippen molar-refractivity contribution in [3.05, 3.63) is 41.6 Å². The first-order valence-electron chi connectivity index (χ1n) is 7.30. The topological polar surface area (TPSA) is 62.2 Å². The van der Waals surface area contributed by atoms with E-state index in [1.807, 2.05) is 44.2 Å². The fourth-order valence-electron chi connectivity index (χ4n) is 2.52. The van der Waals surface area contributed by atoms with E-state index in [0.717, 1.165) is 16.6 Å². The number of benzene rings is 1. The number of aliphatic hydroxyl groups excluding tert-OH is 1. The standard InChI is InChI=1S/C17H22N2O2/c1-11(8-13(3)20)10-18-17(21)15-9-12(2)19-16-7-5-4-6-14(15)16/h4-7,9,11,13,20H,8,10H2,1-3H3,(H,18,21). The van der Waals surface area contributed by atoms with E-state index >= 15 is 0 Å². The zero-order chi connectivity index (χ0) is 15.4. The van der Waals surface area contributed by atoms with Gasteiger partial charge >= 0.3 is 0 Å². The van der Waals surface area contributed by atoms with Crippen LogP contribution in [-0.4, -0.2) is 28.6 Å². The number of hydrogen-bond acceptors (Lipinski definition) is 3. The Hall–Kier alpha value is -1.94. The number of aliphatic hydroxyl groups is 1. The molecule has 2 aromatic rings. The maximum absolute atomic E-state index is 12.4. The fourth-order valence-corrected chi connectivity index (χ4v) is 2.52. The highest BCUT2D eigenvalue weighted by Gasteiger charge is 2.13. The SMILES string of the molecule is Cc1cc(C(=O)NCC(C)CC(C)O)c2ccccc2n1. The third-order valence-electron chi connectivity index (χ3n) is 3.44. The van der Waals surface area contributed by atoms with Crippen LogP contribution in [0.25, 0.3) is 10.9 Å². The van der Waals surface area contributed by atoms with Gasteiger partial charge in [-0.2, -0.15) is 0 Å². The maximum Gasteiger partial charge on any atom is 0.252 e. The van der Waals surface area contributed by atoms with Crippen molar-refractivity contribution in [2.75, 3.05) is 6.54 Å². The molecule has 0 bridgehead atoms.